The first kappa shape index (κ1) is 12.4. The topological polar surface area (TPSA) is 77.8 Å². The Morgan fingerprint density at radius 1 is 1.23 bits per heavy atom. The average molecular weight is 191 g/mol. The van der Waals surface area contributed by atoms with Gasteiger partial charge < -0.3 is 15.3 Å². The third kappa shape index (κ3) is 3.36. The molecule has 0 aromatic heterocycles. The minimum atomic E-state index is -1.52. The van der Waals surface area contributed by atoms with Gasteiger partial charge in [-0.3, -0.25) is 0 Å². The predicted octanol–water partition coefficient (Wildman–Crippen LogP) is 0.129. The Balaban J connectivity index is 0.00000144. The van der Waals surface area contributed by atoms with Gasteiger partial charge in [0.2, 0.25) is 0 Å². The number of aliphatic carboxylic acids is 1. The molecular weight excluding hydrogens is 183 g/mol. The SMILES string of the molecule is O=C(O)C(O)c1ccc(O)cc1.[Na]. The number of aromatic hydroxyl groups is 1. The normalized spacial score (nSPS) is 11.5. The van der Waals surface area contributed by atoms with E-state index in [0.717, 1.165) is 0 Å². The number of carboxylic acid groups (broad SMARTS) is 1. The summed E-state index contributed by atoms with van der Waals surface area (Å²) in [5.41, 5.74) is 0.250. The number of aliphatic hydroxyl groups excluding tert-OH is 1. The maximum atomic E-state index is 10.3. The standard InChI is InChI=1S/C8H8O4.Na/c9-6-3-1-5(2-4-6)7(10)8(11)12;/h1-4,7,9-10H,(H,11,12);. The van der Waals surface area contributed by atoms with Gasteiger partial charge in [0, 0.05) is 29.6 Å². The van der Waals surface area contributed by atoms with Crippen LogP contribution in [-0.2, 0) is 4.79 Å². The molecule has 13 heavy (non-hydrogen) atoms. The molecule has 1 radical (unpaired) electrons. The second-order valence-electron chi connectivity index (χ2n) is 2.33. The Morgan fingerprint density at radius 2 is 1.69 bits per heavy atom. The molecule has 5 heteroatoms. The number of phenolic OH excluding ortho intramolecular Hbond substituents is 1. The monoisotopic (exact) mass is 191 g/mol. The zero-order chi connectivity index (χ0) is 9.14. The number of rotatable bonds is 2. The van der Waals surface area contributed by atoms with Crippen LogP contribution in [0.25, 0.3) is 0 Å². The van der Waals surface area contributed by atoms with Crippen LogP contribution < -0.4 is 0 Å². The van der Waals surface area contributed by atoms with E-state index in [0.29, 0.717) is 0 Å². The van der Waals surface area contributed by atoms with E-state index >= 15 is 0 Å². The fourth-order valence-electron chi connectivity index (χ4n) is 0.799. The van der Waals surface area contributed by atoms with E-state index in [-0.39, 0.29) is 40.9 Å². The quantitative estimate of drug-likeness (QED) is 0.580. The summed E-state index contributed by atoms with van der Waals surface area (Å²) >= 11 is 0. The van der Waals surface area contributed by atoms with Gasteiger partial charge in [-0.05, 0) is 17.7 Å². The first-order valence-corrected chi connectivity index (χ1v) is 3.31. The Hall–Kier alpha value is -0.550. The smallest absolute Gasteiger partial charge is 0.337 e. The molecule has 1 aromatic rings. The molecule has 0 saturated heterocycles. The van der Waals surface area contributed by atoms with E-state index in [1.165, 1.54) is 24.3 Å². The number of carboxylic acids is 1. The first-order chi connectivity index (χ1) is 5.61. The van der Waals surface area contributed by atoms with Gasteiger partial charge in [-0.15, -0.1) is 0 Å². The van der Waals surface area contributed by atoms with E-state index in [9.17, 15) is 4.79 Å². The molecule has 1 unspecified atom stereocenters. The van der Waals surface area contributed by atoms with Gasteiger partial charge >= 0.3 is 5.97 Å². The molecule has 3 N–H and O–H groups in total. The van der Waals surface area contributed by atoms with E-state index in [2.05, 4.69) is 0 Å². The molecule has 0 aliphatic heterocycles. The van der Waals surface area contributed by atoms with Crippen molar-refractivity contribution in [1.82, 2.24) is 0 Å². The molecular formula is C8H8NaO4. The number of carbonyl (C=O) groups is 1. The first-order valence-electron chi connectivity index (χ1n) is 3.31. The molecule has 65 valence electrons. The molecule has 0 saturated carbocycles. The summed E-state index contributed by atoms with van der Waals surface area (Å²) in [6.07, 6.45) is -1.52. The molecule has 0 amide bonds. The van der Waals surface area contributed by atoms with Crippen molar-refractivity contribution in [3.05, 3.63) is 29.8 Å². The Labute approximate surface area is 97.1 Å². The Morgan fingerprint density at radius 3 is 2.08 bits per heavy atom. The maximum absolute atomic E-state index is 10.3. The van der Waals surface area contributed by atoms with Crippen molar-refractivity contribution in [2.24, 2.45) is 0 Å². The van der Waals surface area contributed by atoms with Gasteiger partial charge in [-0.25, -0.2) is 4.79 Å². The molecule has 0 bridgehead atoms. The van der Waals surface area contributed by atoms with Crippen molar-refractivity contribution in [3.63, 3.8) is 0 Å². The van der Waals surface area contributed by atoms with Gasteiger partial charge in [-0.2, -0.15) is 0 Å². The van der Waals surface area contributed by atoms with Crippen LogP contribution in [-0.4, -0.2) is 50.8 Å². The number of hydrogen-bond acceptors (Lipinski definition) is 3. The minimum Gasteiger partial charge on any atom is -0.508 e. The minimum absolute atomic E-state index is 0. The third-order valence-corrected chi connectivity index (χ3v) is 1.44. The zero-order valence-corrected chi connectivity index (χ0v) is 9.14. The van der Waals surface area contributed by atoms with Gasteiger partial charge in [-0.1, -0.05) is 12.1 Å². The van der Waals surface area contributed by atoms with Gasteiger partial charge in [0.25, 0.3) is 0 Å². The van der Waals surface area contributed by atoms with Crippen LogP contribution in [0.15, 0.2) is 24.3 Å². The van der Waals surface area contributed by atoms with Crippen LogP contribution >= 0.6 is 0 Å². The molecule has 0 aliphatic carbocycles. The summed E-state index contributed by atoms with van der Waals surface area (Å²) in [6.45, 7) is 0. The largest absolute Gasteiger partial charge is 0.508 e. The molecule has 1 aromatic carbocycles. The van der Waals surface area contributed by atoms with Crippen molar-refractivity contribution in [2.45, 2.75) is 6.10 Å². The van der Waals surface area contributed by atoms with Crippen LogP contribution in [0.2, 0.25) is 0 Å². The van der Waals surface area contributed by atoms with E-state index in [1.807, 2.05) is 0 Å². The van der Waals surface area contributed by atoms with Crippen molar-refractivity contribution in [1.29, 1.82) is 0 Å². The molecule has 4 nitrogen and oxygen atoms in total. The second-order valence-corrected chi connectivity index (χ2v) is 2.33. The summed E-state index contributed by atoms with van der Waals surface area (Å²) in [4.78, 5) is 10.3. The van der Waals surface area contributed by atoms with Crippen LogP contribution in [0.3, 0.4) is 0 Å². The maximum Gasteiger partial charge on any atom is 0.337 e. The predicted molar refractivity (Wildman–Crippen MR) is 46.5 cm³/mol. The summed E-state index contributed by atoms with van der Waals surface area (Å²) in [7, 11) is 0. The molecule has 1 atom stereocenters. The van der Waals surface area contributed by atoms with Crippen molar-refractivity contribution in [2.75, 3.05) is 0 Å². The second kappa shape index (κ2) is 5.24. The van der Waals surface area contributed by atoms with Crippen LogP contribution in [0.4, 0.5) is 0 Å². The molecule has 1 rings (SSSR count). The van der Waals surface area contributed by atoms with Crippen LogP contribution in [0.1, 0.15) is 11.7 Å². The van der Waals surface area contributed by atoms with Crippen molar-refractivity contribution < 1.29 is 20.1 Å². The van der Waals surface area contributed by atoms with E-state index < -0.39 is 12.1 Å². The van der Waals surface area contributed by atoms with E-state index in [4.69, 9.17) is 15.3 Å². The summed E-state index contributed by atoms with van der Waals surface area (Å²) in [6, 6.07) is 5.35. The third-order valence-electron chi connectivity index (χ3n) is 1.44. The van der Waals surface area contributed by atoms with Crippen LogP contribution in [0.5, 0.6) is 5.75 Å². The molecule has 0 aliphatic rings. The average Bonchev–Trinajstić information content (AvgIpc) is 2.04. The zero-order valence-electron chi connectivity index (χ0n) is 7.14. The summed E-state index contributed by atoms with van der Waals surface area (Å²) in [5, 5.41) is 26.2. The Kier molecular flexibility index (Phi) is 5.02. The number of hydrogen-bond donors (Lipinski definition) is 3. The Bertz CT molecular complexity index is 283. The molecule has 0 spiro atoms. The fourth-order valence-corrected chi connectivity index (χ4v) is 0.799. The van der Waals surface area contributed by atoms with Crippen molar-refractivity contribution >= 4 is 35.5 Å². The van der Waals surface area contributed by atoms with Crippen LogP contribution in [0, 0.1) is 0 Å². The number of phenols is 1. The van der Waals surface area contributed by atoms with E-state index in [1.54, 1.807) is 0 Å². The molecule has 0 heterocycles. The molecule has 0 fully saturated rings. The fraction of sp³-hybridized carbons (Fsp3) is 0.125. The number of benzene rings is 1. The van der Waals surface area contributed by atoms with Crippen molar-refractivity contribution in [3.8, 4) is 5.75 Å². The summed E-state index contributed by atoms with van der Waals surface area (Å²) < 4.78 is 0. The van der Waals surface area contributed by atoms with Gasteiger partial charge in [0.05, 0.1) is 0 Å². The van der Waals surface area contributed by atoms with Gasteiger partial charge in [0.15, 0.2) is 6.10 Å². The summed E-state index contributed by atoms with van der Waals surface area (Å²) in [5.74, 6) is -1.27. The van der Waals surface area contributed by atoms with Gasteiger partial charge in [0.1, 0.15) is 5.75 Å². The number of aliphatic hydroxyl groups is 1.